The topological polar surface area (TPSA) is 71.4 Å². The van der Waals surface area contributed by atoms with Gasteiger partial charge in [-0.25, -0.2) is 4.39 Å². The van der Waals surface area contributed by atoms with Gasteiger partial charge in [-0.05, 0) is 61.0 Å². The summed E-state index contributed by atoms with van der Waals surface area (Å²) in [5, 5.41) is 10.5. The molecule has 0 fully saturated rings. The van der Waals surface area contributed by atoms with Crippen molar-refractivity contribution in [1.29, 1.82) is 0 Å². The number of aromatic hydroxyl groups is 1. The van der Waals surface area contributed by atoms with Crippen LogP contribution in [0.25, 0.3) is 10.9 Å². The summed E-state index contributed by atoms with van der Waals surface area (Å²) < 4.78 is 19.3. The molecule has 0 aliphatic carbocycles. The monoisotopic (exact) mass is 376 g/mol. The molecule has 0 bridgehead atoms. The van der Waals surface area contributed by atoms with Gasteiger partial charge in [0.25, 0.3) is 0 Å². The normalized spacial score (nSPS) is 10.8. The summed E-state index contributed by atoms with van der Waals surface area (Å²) in [7, 11) is 1.86. The van der Waals surface area contributed by atoms with Crippen LogP contribution in [0.2, 0.25) is 0 Å². The van der Waals surface area contributed by atoms with Gasteiger partial charge in [0, 0.05) is 24.6 Å². The van der Waals surface area contributed by atoms with Crippen molar-refractivity contribution in [2.24, 2.45) is 0 Å². The van der Waals surface area contributed by atoms with E-state index in [1.807, 2.05) is 37.1 Å². The molecule has 0 aliphatic heterocycles. The number of rotatable bonds is 4. The van der Waals surface area contributed by atoms with E-state index in [-0.39, 0.29) is 17.7 Å². The molecule has 140 valence electrons. The van der Waals surface area contributed by atoms with Crippen molar-refractivity contribution in [1.82, 2.24) is 15.0 Å². The van der Waals surface area contributed by atoms with E-state index in [0.717, 1.165) is 16.9 Å². The smallest absolute Gasteiger partial charge is 0.325 e. The molecule has 1 N–H and O–H groups in total. The highest BCUT2D eigenvalue weighted by atomic mass is 19.1. The predicted molar refractivity (Wildman–Crippen MR) is 105 cm³/mol. The van der Waals surface area contributed by atoms with Crippen molar-refractivity contribution in [3.63, 3.8) is 0 Å². The molecular formula is C21H17FN4O2. The molecule has 4 aromatic rings. The zero-order chi connectivity index (χ0) is 19.7. The standard InChI is InChI=1S/C21H17FN4O2/c1-13-9-14(22)11-16(10-13)26(2)15-3-5-17(6-4-15)28-21-24-19-12-23-8-7-18(19)20(27)25-21/h3-12H,1-2H3,(H,24,25,27). The lowest BCUT2D eigenvalue weighted by Gasteiger charge is -2.20. The maximum atomic E-state index is 13.7. The first-order valence-electron chi connectivity index (χ1n) is 8.59. The highest BCUT2D eigenvalue weighted by molar-refractivity contribution is 5.82. The molecule has 0 radical (unpaired) electrons. The Balaban J connectivity index is 1.56. The second kappa shape index (κ2) is 7.11. The molecule has 4 rings (SSSR count). The summed E-state index contributed by atoms with van der Waals surface area (Å²) in [6.07, 6.45) is 3.09. The average Bonchev–Trinajstić information content (AvgIpc) is 2.67. The fourth-order valence-corrected chi connectivity index (χ4v) is 2.89. The molecule has 6 nitrogen and oxygen atoms in total. The summed E-state index contributed by atoms with van der Waals surface area (Å²) in [4.78, 5) is 14.1. The molecule has 0 unspecified atom stereocenters. The van der Waals surface area contributed by atoms with Crippen LogP contribution in [0, 0.1) is 12.7 Å². The lowest BCUT2D eigenvalue weighted by Crippen LogP contribution is -2.09. The van der Waals surface area contributed by atoms with Crippen molar-refractivity contribution in [2.45, 2.75) is 6.92 Å². The number of nitrogens with zero attached hydrogens (tertiary/aromatic N) is 4. The SMILES string of the molecule is Cc1cc(F)cc(N(C)c2ccc(Oc3nc(O)c4ccncc4n3)cc2)c1. The van der Waals surface area contributed by atoms with Crippen molar-refractivity contribution >= 4 is 22.3 Å². The van der Waals surface area contributed by atoms with Crippen molar-refractivity contribution < 1.29 is 14.2 Å². The Hall–Kier alpha value is -3.74. The fraction of sp³-hybridized carbons (Fsp3) is 0.0952. The van der Waals surface area contributed by atoms with Gasteiger partial charge in [0.05, 0.1) is 17.1 Å². The summed E-state index contributed by atoms with van der Waals surface area (Å²) >= 11 is 0. The van der Waals surface area contributed by atoms with Crippen molar-refractivity contribution in [3.05, 3.63) is 72.3 Å². The Morgan fingerprint density at radius 3 is 2.54 bits per heavy atom. The molecule has 0 atom stereocenters. The zero-order valence-electron chi connectivity index (χ0n) is 15.3. The van der Waals surface area contributed by atoms with E-state index in [2.05, 4.69) is 15.0 Å². The van der Waals surface area contributed by atoms with Gasteiger partial charge in [-0.2, -0.15) is 9.97 Å². The largest absolute Gasteiger partial charge is 0.493 e. The van der Waals surface area contributed by atoms with Crippen LogP contribution in [0.15, 0.2) is 60.9 Å². The van der Waals surface area contributed by atoms with E-state index in [1.54, 1.807) is 24.4 Å². The first kappa shape index (κ1) is 17.7. The van der Waals surface area contributed by atoms with E-state index < -0.39 is 0 Å². The third-order valence-corrected chi connectivity index (χ3v) is 4.31. The van der Waals surface area contributed by atoms with Crippen LogP contribution in [0.4, 0.5) is 15.8 Å². The molecule has 2 aromatic carbocycles. The second-order valence-electron chi connectivity index (χ2n) is 6.36. The van der Waals surface area contributed by atoms with Gasteiger partial charge in [-0.1, -0.05) is 0 Å². The van der Waals surface area contributed by atoms with Crippen LogP contribution in [-0.4, -0.2) is 27.1 Å². The van der Waals surface area contributed by atoms with Gasteiger partial charge in [0.1, 0.15) is 11.6 Å². The van der Waals surface area contributed by atoms with Crippen molar-refractivity contribution in [3.8, 4) is 17.6 Å². The number of hydrogen-bond acceptors (Lipinski definition) is 6. The third kappa shape index (κ3) is 3.55. The van der Waals surface area contributed by atoms with Crippen LogP contribution in [0.1, 0.15) is 5.56 Å². The van der Waals surface area contributed by atoms with Gasteiger partial charge in [0.15, 0.2) is 0 Å². The summed E-state index contributed by atoms with van der Waals surface area (Å²) in [5.74, 6) is 0.0694. The van der Waals surface area contributed by atoms with Gasteiger partial charge >= 0.3 is 6.01 Å². The number of hydrogen-bond donors (Lipinski definition) is 1. The molecule has 2 aromatic heterocycles. The minimum atomic E-state index is -0.274. The molecule has 0 saturated heterocycles. The number of pyridine rings is 1. The van der Waals surface area contributed by atoms with Gasteiger partial charge in [-0.3, -0.25) is 4.98 Å². The summed E-state index contributed by atoms with van der Waals surface area (Å²) in [5.41, 5.74) is 2.96. The van der Waals surface area contributed by atoms with Crippen LogP contribution in [0.5, 0.6) is 17.6 Å². The minimum absolute atomic E-state index is 0.0276. The van der Waals surface area contributed by atoms with Gasteiger partial charge in [0.2, 0.25) is 5.88 Å². The summed E-state index contributed by atoms with van der Waals surface area (Å²) in [6.45, 7) is 1.85. The number of benzene rings is 2. The first-order valence-corrected chi connectivity index (χ1v) is 8.59. The first-order chi connectivity index (χ1) is 13.5. The van der Waals surface area contributed by atoms with Crippen LogP contribution >= 0.6 is 0 Å². The molecule has 0 saturated carbocycles. The number of aromatic nitrogens is 3. The molecule has 2 heterocycles. The Bertz CT molecular complexity index is 1130. The maximum Gasteiger partial charge on any atom is 0.325 e. The Morgan fingerprint density at radius 1 is 1.00 bits per heavy atom. The van der Waals surface area contributed by atoms with E-state index in [9.17, 15) is 9.50 Å². The minimum Gasteiger partial charge on any atom is -0.493 e. The Kier molecular flexibility index (Phi) is 4.49. The maximum absolute atomic E-state index is 13.7. The number of aryl methyl sites for hydroxylation is 1. The lowest BCUT2D eigenvalue weighted by atomic mass is 10.2. The van der Waals surface area contributed by atoms with Crippen LogP contribution in [0.3, 0.4) is 0 Å². The number of anilines is 2. The van der Waals surface area contributed by atoms with E-state index in [0.29, 0.717) is 16.7 Å². The average molecular weight is 376 g/mol. The van der Waals surface area contributed by atoms with Crippen molar-refractivity contribution in [2.75, 3.05) is 11.9 Å². The molecule has 0 amide bonds. The molecule has 0 aliphatic rings. The van der Waals surface area contributed by atoms with Crippen LogP contribution in [-0.2, 0) is 0 Å². The molecule has 7 heteroatoms. The van der Waals surface area contributed by atoms with Gasteiger partial charge in [-0.15, -0.1) is 0 Å². The predicted octanol–water partition coefficient (Wildman–Crippen LogP) is 4.74. The second-order valence-corrected chi connectivity index (χ2v) is 6.36. The van der Waals surface area contributed by atoms with Crippen LogP contribution < -0.4 is 9.64 Å². The number of fused-ring (bicyclic) bond motifs is 1. The van der Waals surface area contributed by atoms with E-state index >= 15 is 0 Å². The van der Waals surface area contributed by atoms with Gasteiger partial charge < -0.3 is 14.7 Å². The highest BCUT2D eigenvalue weighted by Crippen LogP contribution is 2.29. The van der Waals surface area contributed by atoms with E-state index in [1.165, 1.54) is 18.3 Å². The molecule has 0 spiro atoms. The summed E-state index contributed by atoms with van der Waals surface area (Å²) in [6, 6.07) is 13.7. The third-order valence-electron chi connectivity index (χ3n) is 4.31. The zero-order valence-corrected chi connectivity index (χ0v) is 15.3. The number of halogens is 1. The number of ether oxygens (including phenoxy) is 1. The molecular weight excluding hydrogens is 359 g/mol. The quantitative estimate of drug-likeness (QED) is 0.555. The fourth-order valence-electron chi connectivity index (χ4n) is 2.89. The lowest BCUT2D eigenvalue weighted by molar-refractivity contribution is 0.412. The highest BCUT2D eigenvalue weighted by Gasteiger charge is 2.10. The van der Waals surface area contributed by atoms with E-state index in [4.69, 9.17) is 4.74 Å². The Morgan fingerprint density at radius 2 is 1.79 bits per heavy atom. The Labute approximate surface area is 160 Å². The molecule has 28 heavy (non-hydrogen) atoms.